The number of hydrogen-bond acceptors (Lipinski definition) is 6. The van der Waals surface area contributed by atoms with Gasteiger partial charge in [0.25, 0.3) is 0 Å². The van der Waals surface area contributed by atoms with Gasteiger partial charge in [-0.05, 0) is 73.8 Å². The predicted molar refractivity (Wildman–Crippen MR) is 142 cm³/mol. The highest BCUT2D eigenvalue weighted by molar-refractivity contribution is 5.77. The molecule has 37 heavy (non-hydrogen) atoms. The van der Waals surface area contributed by atoms with Crippen LogP contribution in [-0.4, -0.2) is 60.4 Å². The van der Waals surface area contributed by atoms with Crippen LogP contribution in [0.3, 0.4) is 0 Å². The lowest BCUT2D eigenvalue weighted by Gasteiger charge is -2.27. The Morgan fingerprint density at radius 3 is 2.86 bits per heavy atom. The number of methoxy groups -OCH3 is 1. The average Bonchev–Trinajstić information content (AvgIpc) is 3.33. The van der Waals surface area contributed by atoms with Crippen LogP contribution in [-0.2, 0) is 22.4 Å². The van der Waals surface area contributed by atoms with E-state index in [9.17, 15) is 14.3 Å². The zero-order valence-electron chi connectivity index (χ0n) is 22.3. The number of unbranched alkanes of at least 4 members (excludes halogenated alkanes) is 2. The van der Waals surface area contributed by atoms with Crippen molar-refractivity contribution < 1.29 is 23.8 Å². The second kappa shape index (κ2) is 12.7. The van der Waals surface area contributed by atoms with E-state index in [2.05, 4.69) is 17.4 Å². The lowest BCUT2D eigenvalue weighted by molar-refractivity contribution is -0.143. The second-order valence-electron chi connectivity index (χ2n) is 10.4. The highest BCUT2D eigenvalue weighted by atomic mass is 19.1. The number of aliphatic carboxylic acids is 1. The number of rotatable bonds is 12. The van der Waals surface area contributed by atoms with E-state index >= 15 is 0 Å². The molecule has 3 heterocycles. The van der Waals surface area contributed by atoms with Crippen molar-refractivity contribution in [1.82, 2.24) is 9.88 Å². The zero-order valence-corrected chi connectivity index (χ0v) is 22.3. The molecule has 1 saturated heterocycles. The number of carbonyl (C=O) groups is 1. The Balaban J connectivity index is 1.25. The van der Waals surface area contributed by atoms with Gasteiger partial charge in [-0.3, -0.25) is 9.69 Å². The third kappa shape index (κ3) is 6.79. The summed E-state index contributed by atoms with van der Waals surface area (Å²) in [4.78, 5) is 18.9. The largest absolute Gasteiger partial charge is 0.493 e. The number of fused-ring (bicyclic) bond motifs is 1. The molecule has 2 aromatic rings. The van der Waals surface area contributed by atoms with Crippen molar-refractivity contribution in [3.05, 3.63) is 52.5 Å². The fourth-order valence-corrected chi connectivity index (χ4v) is 5.34. The lowest BCUT2D eigenvalue weighted by atomic mass is 9.95. The van der Waals surface area contributed by atoms with Gasteiger partial charge in [-0.15, -0.1) is 0 Å². The average molecular weight is 514 g/mol. The van der Waals surface area contributed by atoms with Crippen molar-refractivity contribution in [3.63, 3.8) is 0 Å². The molecular weight excluding hydrogens is 473 g/mol. The minimum atomic E-state index is -1.01. The molecule has 0 bridgehead atoms. The van der Waals surface area contributed by atoms with Gasteiger partial charge in [-0.25, -0.2) is 9.37 Å². The lowest BCUT2D eigenvalue weighted by Crippen LogP contribution is -2.34. The van der Waals surface area contributed by atoms with Crippen LogP contribution in [0.4, 0.5) is 10.2 Å². The third-order valence-electron chi connectivity index (χ3n) is 7.42. The molecule has 8 heteroatoms. The van der Waals surface area contributed by atoms with Crippen molar-refractivity contribution in [2.75, 3.05) is 38.7 Å². The topological polar surface area (TPSA) is 83.9 Å². The summed E-state index contributed by atoms with van der Waals surface area (Å²) in [5.74, 6) is -0.406. The highest BCUT2D eigenvalue weighted by Crippen LogP contribution is 2.37. The molecule has 2 aliphatic rings. The summed E-state index contributed by atoms with van der Waals surface area (Å²) in [6.45, 7) is 6.65. The first-order valence-corrected chi connectivity index (χ1v) is 13.6. The molecule has 2 atom stereocenters. The van der Waals surface area contributed by atoms with Gasteiger partial charge in [-0.1, -0.05) is 26.3 Å². The molecule has 2 aliphatic heterocycles. The Labute approximate surface area is 219 Å². The van der Waals surface area contributed by atoms with Crippen LogP contribution in [0.1, 0.15) is 80.3 Å². The summed E-state index contributed by atoms with van der Waals surface area (Å²) in [5.41, 5.74) is 3.57. The molecule has 2 N–H and O–H groups in total. The van der Waals surface area contributed by atoms with E-state index in [1.165, 1.54) is 25.2 Å². The Morgan fingerprint density at radius 2 is 2.11 bits per heavy atom. The van der Waals surface area contributed by atoms with Crippen LogP contribution in [0.15, 0.2) is 24.3 Å². The number of pyridine rings is 1. The molecule has 1 aromatic heterocycles. The van der Waals surface area contributed by atoms with Crippen molar-refractivity contribution >= 4 is 11.8 Å². The van der Waals surface area contributed by atoms with Crippen LogP contribution in [0, 0.1) is 5.82 Å². The van der Waals surface area contributed by atoms with E-state index in [1.54, 1.807) is 6.07 Å². The fourth-order valence-electron chi connectivity index (χ4n) is 5.34. The number of aromatic nitrogens is 1. The molecule has 0 unspecified atom stereocenters. The van der Waals surface area contributed by atoms with Gasteiger partial charge in [-0.2, -0.15) is 0 Å². The van der Waals surface area contributed by atoms with E-state index in [1.807, 2.05) is 18.7 Å². The standard InChI is InChI=1S/C29H40FN3O4/c1-19(2)21-16-24(27(36-3)25(30)17-21)26(29(34)35)33-14-12-23(18-33)37-15-6-4-5-9-22-11-10-20-8-7-13-31-28(20)32-22/h10-11,16-17,19,23,26H,4-9,12-15,18H2,1-3H3,(H,31,32)(H,34,35)/t23-,26-/m1/s1. The molecule has 0 spiro atoms. The number of anilines is 1. The molecule has 0 saturated carbocycles. The first-order chi connectivity index (χ1) is 17.9. The van der Waals surface area contributed by atoms with Crippen LogP contribution in [0.25, 0.3) is 0 Å². The second-order valence-corrected chi connectivity index (χ2v) is 10.4. The van der Waals surface area contributed by atoms with E-state index in [4.69, 9.17) is 14.5 Å². The molecule has 202 valence electrons. The first kappa shape index (κ1) is 27.3. The molecule has 4 rings (SSSR count). The zero-order chi connectivity index (χ0) is 26.4. The van der Waals surface area contributed by atoms with Gasteiger partial charge in [0.05, 0.1) is 13.2 Å². The van der Waals surface area contributed by atoms with Gasteiger partial charge in [0.15, 0.2) is 11.6 Å². The van der Waals surface area contributed by atoms with Gasteiger partial charge >= 0.3 is 5.97 Å². The summed E-state index contributed by atoms with van der Waals surface area (Å²) < 4.78 is 26.1. The SMILES string of the molecule is COc1c(F)cc(C(C)C)cc1[C@H](C(=O)O)N1CC[C@@H](OCCCCCc2ccc3c(n2)NCCC3)C1. The maximum Gasteiger partial charge on any atom is 0.325 e. The number of carboxylic acid groups (broad SMARTS) is 1. The summed E-state index contributed by atoms with van der Waals surface area (Å²) in [6, 6.07) is 6.57. The van der Waals surface area contributed by atoms with Gasteiger partial charge in [0.1, 0.15) is 11.9 Å². The minimum Gasteiger partial charge on any atom is -0.493 e. The van der Waals surface area contributed by atoms with Crippen molar-refractivity contribution in [2.45, 2.75) is 76.9 Å². The molecule has 1 aromatic carbocycles. The number of likely N-dealkylation sites (tertiary alicyclic amines) is 1. The van der Waals surface area contributed by atoms with E-state index in [0.29, 0.717) is 25.3 Å². The van der Waals surface area contributed by atoms with Gasteiger partial charge in [0.2, 0.25) is 0 Å². The molecule has 1 fully saturated rings. The maximum absolute atomic E-state index is 14.7. The maximum atomic E-state index is 14.7. The van der Waals surface area contributed by atoms with E-state index < -0.39 is 17.8 Å². The van der Waals surface area contributed by atoms with Gasteiger partial charge in [0, 0.05) is 37.5 Å². The Morgan fingerprint density at radius 1 is 1.27 bits per heavy atom. The Bertz CT molecular complexity index is 1080. The van der Waals surface area contributed by atoms with E-state index in [0.717, 1.165) is 62.1 Å². The fraction of sp³-hybridized carbons (Fsp3) is 0.586. The number of nitrogens with zero attached hydrogens (tertiary/aromatic N) is 2. The van der Waals surface area contributed by atoms with Crippen molar-refractivity contribution in [2.24, 2.45) is 0 Å². The molecule has 7 nitrogen and oxygen atoms in total. The van der Waals surface area contributed by atoms with Crippen molar-refractivity contribution in [1.29, 1.82) is 0 Å². The number of aryl methyl sites for hydroxylation is 2. The van der Waals surface area contributed by atoms with E-state index in [-0.39, 0.29) is 17.8 Å². The number of carboxylic acids is 1. The summed E-state index contributed by atoms with van der Waals surface area (Å²) in [6.07, 6.45) is 7.03. The number of hydrogen-bond donors (Lipinski definition) is 2. The number of ether oxygens (including phenoxy) is 2. The van der Waals surface area contributed by atoms with Crippen LogP contribution in [0.2, 0.25) is 0 Å². The first-order valence-electron chi connectivity index (χ1n) is 13.6. The van der Waals surface area contributed by atoms with Crippen LogP contribution >= 0.6 is 0 Å². The molecular formula is C29H40FN3O4. The summed E-state index contributed by atoms with van der Waals surface area (Å²) >= 11 is 0. The third-order valence-corrected chi connectivity index (χ3v) is 7.42. The van der Waals surface area contributed by atoms with Crippen LogP contribution < -0.4 is 10.1 Å². The molecule has 0 amide bonds. The quantitative estimate of drug-likeness (QED) is 0.371. The number of benzene rings is 1. The highest BCUT2D eigenvalue weighted by Gasteiger charge is 2.36. The minimum absolute atomic E-state index is 0.00497. The monoisotopic (exact) mass is 513 g/mol. The molecule has 0 aliphatic carbocycles. The normalized spacial score (nSPS) is 18.5. The Kier molecular flexibility index (Phi) is 9.38. The van der Waals surface area contributed by atoms with Crippen molar-refractivity contribution in [3.8, 4) is 5.75 Å². The number of nitrogens with one attached hydrogen (secondary N) is 1. The summed E-state index contributed by atoms with van der Waals surface area (Å²) in [5, 5.41) is 13.5. The van der Waals surface area contributed by atoms with Crippen LogP contribution in [0.5, 0.6) is 5.75 Å². The van der Waals surface area contributed by atoms with Gasteiger partial charge < -0.3 is 19.9 Å². The summed E-state index contributed by atoms with van der Waals surface area (Å²) in [7, 11) is 1.38. The Hall–Kier alpha value is -2.71. The molecule has 0 radical (unpaired) electrons. The number of halogens is 1. The predicted octanol–water partition coefficient (Wildman–Crippen LogP) is 5.34. The smallest absolute Gasteiger partial charge is 0.325 e.